The van der Waals surface area contributed by atoms with Crippen molar-refractivity contribution < 1.29 is 14.6 Å². The van der Waals surface area contributed by atoms with E-state index in [1.807, 2.05) is 26.0 Å². The van der Waals surface area contributed by atoms with Crippen LogP contribution in [0.1, 0.15) is 31.4 Å². The van der Waals surface area contributed by atoms with Crippen molar-refractivity contribution in [3.63, 3.8) is 0 Å². The molecule has 2 N–H and O–H groups in total. The fraction of sp³-hybridized carbons (Fsp3) is 0.533. The molecule has 1 amide bonds. The highest BCUT2D eigenvalue weighted by Gasteiger charge is 2.18. The van der Waals surface area contributed by atoms with E-state index in [0.717, 1.165) is 16.9 Å². The smallest absolute Gasteiger partial charge is 0.223 e. The number of nitrogens with one attached hydrogen (secondary N) is 1. The maximum absolute atomic E-state index is 11.6. The SMILES string of the molecule is Cc1cc(C)cc(OCCC(=O)NC(C)(C)CO)c1. The number of benzene rings is 1. The summed E-state index contributed by atoms with van der Waals surface area (Å²) in [4.78, 5) is 11.6. The number of aliphatic hydroxyl groups excluding tert-OH is 1. The lowest BCUT2D eigenvalue weighted by molar-refractivity contribution is -0.123. The van der Waals surface area contributed by atoms with Gasteiger partial charge >= 0.3 is 0 Å². The summed E-state index contributed by atoms with van der Waals surface area (Å²) in [7, 11) is 0. The van der Waals surface area contributed by atoms with Crippen molar-refractivity contribution in [3.8, 4) is 5.75 Å². The van der Waals surface area contributed by atoms with Gasteiger partial charge in [-0.3, -0.25) is 4.79 Å². The van der Waals surface area contributed by atoms with Crippen LogP contribution in [-0.2, 0) is 4.79 Å². The number of amides is 1. The number of carbonyl (C=O) groups excluding carboxylic acids is 1. The Bertz CT molecular complexity index is 421. The minimum atomic E-state index is -0.586. The number of hydrogen-bond donors (Lipinski definition) is 2. The van der Waals surface area contributed by atoms with Gasteiger partial charge in [0.15, 0.2) is 0 Å². The molecule has 0 radical (unpaired) electrons. The molecule has 0 aromatic heterocycles. The summed E-state index contributed by atoms with van der Waals surface area (Å²) in [6, 6.07) is 5.97. The molecule has 0 saturated carbocycles. The standard InChI is InChI=1S/C15H23NO3/c1-11-7-12(2)9-13(8-11)19-6-5-14(18)16-15(3,4)10-17/h7-9,17H,5-6,10H2,1-4H3,(H,16,18). The second kappa shape index (κ2) is 6.57. The molecule has 0 aliphatic carbocycles. The molecule has 1 rings (SSSR count). The Morgan fingerprint density at radius 1 is 1.26 bits per heavy atom. The predicted octanol–water partition coefficient (Wildman–Crippen LogP) is 1.96. The monoisotopic (exact) mass is 265 g/mol. The molecule has 0 spiro atoms. The van der Waals surface area contributed by atoms with Gasteiger partial charge in [0.1, 0.15) is 5.75 Å². The van der Waals surface area contributed by atoms with Gasteiger partial charge in [0.05, 0.1) is 25.2 Å². The van der Waals surface area contributed by atoms with E-state index < -0.39 is 5.54 Å². The van der Waals surface area contributed by atoms with Gasteiger partial charge in [-0.2, -0.15) is 0 Å². The summed E-state index contributed by atoms with van der Waals surface area (Å²) >= 11 is 0. The maximum atomic E-state index is 11.6. The van der Waals surface area contributed by atoms with Crippen molar-refractivity contribution >= 4 is 5.91 Å². The van der Waals surface area contributed by atoms with Crippen LogP contribution in [0.25, 0.3) is 0 Å². The van der Waals surface area contributed by atoms with Crippen LogP contribution in [-0.4, -0.2) is 29.8 Å². The molecule has 4 nitrogen and oxygen atoms in total. The zero-order valence-corrected chi connectivity index (χ0v) is 12.1. The van der Waals surface area contributed by atoms with Crippen molar-refractivity contribution in [2.45, 2.75) is 39.7 Å². The van der Waals surface area contributed by atoms with Gasteiger partial charge in [0.2, 0.25) is 5.91 Å². The molecule has 0 atom stereocenters. The first-order valence-electron chi connectivity index (χ1n) is 6.45. The Kier molecular flexibility index (Phi) is 5.36. The van der Waals surface area contributed by atoms with Crippen LogP contribution >= 0.6 is 0 Å². The predicted molar refractivity (Wildman–Crippen MR) is 75.3 cm³/mol. The third kappa shape index (κ3) is 5.75. The quantitative estimate of drug-likeness (QED) is 0.826. The highest BCUT2D eigenvalue weighted by Crippen LogP contribution is 2.16. The molecule has 0 bridgehead atoms. The fourth-order valence-corrected chi connectivity index (χ4v) is 1.76. The lowest BCUT2D eigenvalue weighted by atomic mass is 10.1. The van der Waals surface area contributed by atoms with Crippen LogP contribution in [0.4, 0.5) is 0 Å². The van der Waals surface area contributed by atoms with Gasteiger partial charge in [-0.15, -0.1) is 0 Å². The fourth-order valence-electron chi connectivity index (χ4n) is 1.76. The second-order valence-corrected chi connectivity index (χ2v) is 5.51. The molecule has 0 aliphatic heterocycles. The van der Waals surface area contributed by atoms with Gasteiger partial charge in [0.25, 0.3) is 0 Å². The van der Waals surface area contributed by atoms with E-state index >= 15 is 0 Å². The van der Waals surface area contributed by atoms with Crippen LogP contribution in [0.3, 0.4) is 0 Å². The molecule has 19 heavy (non-hydrogen) atoms. The summed E-state index contributed by atoms with van der Waals surface area (Å²) < 4.78 is 5.56. The van der Waals surface area contributed by atoms with E-state index in [0.29, 0.717) is 6.61 Å². The van der Waals surface area contributed by atoms with Gasteiger partial charge in [-0.25, -0.2) is 0 Å². The van der Waals surface area contributed by atoms with Gasteiger partial charge in [-0.05, 0) is 51.0 Å². The summed E-state index contributed by atoms with van der Waals surface area (Å²) in [6.07, 6.45) is 0.274. The van der Waals surface area contributed by atoms with E-state index in [2.05, 4.69) is 11.4 Å². The average molecular weight is 265 g/mol. The molecule has 0 aliphatic rings. The van der Waals surface area contributed by atoms with Gasteiger partial charge < -0.3 is 15.2 Å². The number of aryl methyl sites for hydroxylation is 2. The Morgan fingerprint density at radius 3 is 2.37 bits per heavy atom. The Balaban J connectivity index is 2.40. The lowest BCUT2D eigenvalue weighted by Crippen LogP contribution is -2.46. The van der Waals surface area contributed by atoms with E-state index in [4.69, 9.17) is 9.84 Å². The molecule has 1 aromatic rings. The number of carbonyl (C=O) groups is 1. The molecule has 0 heterocycles. The zero-order chi connectivity index (χ0) is 14.5. The Hall–Kier alpha value is -1.55. The van der Waals surface area contributed by atoms with Crippen LogP contribution in [0.2, 0.25) is 0 Å². The van der Waals surface area contributed by atoms with E-state index in [9.17, 15) is 4.79 Å². The van der Waals surface area contributed by atoms with Crippen molar-refractivity contribution in [3.05, 3.63) is 29.3 Å². The van der Waals surface area contributed by atoms with Gasteiger partial charge in [0, 0.05) is 0 Å². The lowest BCUT2D eigenvalue weighted by Gasteiger charge is -2.23. The minimum absolute atomic E-state index is 0.0866. The van der Waals surface area contributed by atoms with Crippen LogP contribution in [0.5, 0.6) is 5.75 Å². The van der Waals surface area contributed by atoms with E-state index in [1.54, 1.807) is 13.8 Å². The van der Waals surface area contributed by atoms with Crippen LogP contribution in [0, 0.1) is 13.8 Å². The first-order valence-corrected chi connectivity index (χ1v) is 6.45. The zero-order valence-electron chi connectivity index (χ0n) is 12.1. The van der Waals surface area contributed by atoms with Crippen molar-refractivity contribution in [1.29, 1.82) is 0 Å². The molecular weight excluding hydrogens is 242 g/mol. The van der Waals surface area contributed by atoms with E-state index in [-0.39, 0.29) is 18.9 Å². The average Bonchev–Trinajstić information content (AvgIpc) is 2.27. The van der Waals surface area contributed by atoms with Gasteiger partial charge in [-0.1, -0.05) is 6.07 Å². The summed E-state index contributed by atoms with van der Waals surface area (Å²) in [5.74, 6) is 0.662. The molecular formula is C15H23NO3. The summed E-state index contributed by atoms with van der Waals surface area (Å²) in [5, 5.41) is 11.8. The first-order chi connectivity index (χ1) is 8.82. The van der Waals surface area contributed by atoms with E-state index in [1.165, 1.54) is 0 Å². The number of hydrogen-bond acceptors (Lipinski definition) is 3. The highest BCUT2D eigenvalue weighted by atomic mass is 16.5. The molecule has 0 unspecified atom stereocenters. The second-order valence-electron chi connectivity index (χ2n) is 5.51. The van der Waals surface area contributed by atoms with Crippen molar-refractivity contribution in [2.24, 2.45) is 0 Å². The Labute approximate surface area is 114 Å². The molecule has 106 valence electrons. The molecule has 1 aromatic carbocycles. The van der Waals surface area contributed by atoms with Crippen LogP contribution < -0.4 is 10.1 Å². The highest BCUT2D eigenvalue weighted by molar-refractivity contribution is 5.76. The molecule has 0 fully saturated rings. The minimum Gasteiger partial charge on any atom is -0.493 e. The number of ether oxygens (including phenoxy) is 1. The van der Waals surface area contributed by atoms with Crippen molar-refractivity contribution in [1.82, 2.24) is 5.32 Å². The topological polar surface area (TPSA) is 58.6 Å². The summed E-state index contributed by atoms with van der Waals surface area (Å²) in [5.41, 5.74) is 1.69. The molecule has 4 heteroatoms. The first kappa shape index (κ1) is 15.5. The summed E-state index contributed by atoms with van der Waals surface area (Å²) in [6.45, 7) is 7.81. The third-order valence-corrected chi connectivity index (χ3v) is 2.67. The Morgan fingerprint density at radius 2 is 1.84 bits per heavy atom. The maximum Gasteiger partial charge on any atom is 0.223 e. The normalized spacial score (nSPS) is 11.2. The molecule has 0 saturated heterocycles. The van der Waals surface area contributed by atoms with Crippen molar-refractivity contribution in [2.75, 3.05) is 13.2 Å². The largest absolute Gasteiger partial charge is 0.493 e. The number of rotatable bonds is 6. The van der Waals surface area contributed by atoms with Crippen LogP contribution in [0.15, 0.2) is 18.2 Å². The third-order valence-electron chi connectivity index (χ3n) is 2.67. The number of aliphatic hydroxyl groups is 1.